The molecule has 0 saturated carbocycles. The van der Waals surface area contributed by atoms with Gasteiger partial charge in [-0.25, -0.2) is 9.98 Å². The summed E-state index contributed by atoms with van der Waals surface area (Å²) in [5, 5.41) is 6.01. The van der Waals surface area contributed by atoms with Crippen molar-refractivity contribution < 1.29 is 52.6 Å². The Morgan fingerprint density at radius 3 is 1.19 bits per heavy atom. The lowest BCUT2D eigenvalue weighted by Crippen LogP contribution is -3.00. The van der Waals surface area contributed by atoms with Crippen LogP contribution in [0.5, 0.6) is 0 Å². The summed E-state index contributed by atoms with van der Waals surface area (Å²) in [7, 11) is 10.4. The zero-order chi connectivity index (χ0) is 68.0. The van der Waals surface area contributed by atoms with Crippen LogP contribution in [0.1, 0.15) is 101 Å². The molecule has 0 spiro atoms. The Kier molecular flexibility index (Phi) is 27.2. The zero-order valence-corrected chi connectivity index (χ0v) is 61.5. The second-order valence-electron chi connectivity index (χ2n) is 24.9. The molecular weight excluding hydrogens is 1280 g/mol. The number of nitrogens with zero attached hydrogens (tertiary/aromatic N) is 4. The molecule has 0 aromatic heterocycles. The molecular formula is C87H94Cl3N9. The van der Waals surface area contributed by atoms with E-state index in [2.05, 4.69) is 323 Å². The third-order valence-electron chi connectivity index (χ3n) is 18.2. The fraction of sp³-hybridized carbons (Fsp3) is 0.184. The minimum absolute atomic E-state index is 0. The number of benzene rings is 9. The van der Waals surface area contributed by atoms with Gasteiger partial charge in [-0.2, -0.15) is 0 Å². The molecule has 0 atom stereocenters. The molecule has 0 heterocycles. The highest BCUT2D eigenvalue weighted by Crippen LogP contribution is 2.41. The molecule has 0 aliphatic heterocycles. The monoisotopic (exact) mass is 1370 g/mol. The number of para-hydroxylation sites is 1. The summed E-state index contributed by atoms with van der Waals surface area (Å²) in [6, 6.07) is 75.8. The van der Waals surface area contributed by atoms with E-state index in [1.54, 1.807) is 0 Å². The lowest BCUT2D eigenvalue weighted by atomic mass is 9.83. The van der Waals surface area contributed by atoms with Crippen LogP contribution in [0, 0.1) is 13.8 Å². The Bertz CT molecular complexity index is 4460. The summed E-state index contributed by atoms with van der Waals surface area (Å²) in [6.07, 6.45) is 15.1. The van der Waals surface area contributed by atoms with Crippen LogP contribution in [-0.4, -0.2) is 78.6 Å². The molecule has 3 aliphatic carbocycles. The van der Waals surface area contributed by atoms with E-state index in [0.29, 0.717) is 0 Å². The summed E-state index contributed by atoms with van der Waals surface area (Å²) < 4.78 is 0. The van der Waals surface area contributed by atoms with E-state index in [9.17, 15) is 0 Å². The average Bonchev–Trinajstić information content (AvgIpc) is 0.769. The summed E-state index contributed by atoms with van der Waals surface area (Å²) in [4.78, 5) is 16.1. The van der Waals surface area contributed by atoms with Gasteiger partial charge < -0.3 is 68.3 Å². The Morgan fingerprint density at radius 2 is 0.788 bits per heavy atom. The first-order valence-corrected chi connectivity index (χ1v) is 33.5. The van der Waals surface area contributed by atoms with Gasteiger partial charge in [-0.05, 0) is 247 Å². The smallest absolute Gasteiger partial charge is 0.211 e. The van der Waals surface area contributed by atoms with Crippen LogP contribution in [0.3, 0.4) is 0 Å². The molecule has 9 aromatic rings. The second kappa shape index (κ2) is 35.4. The van der Waals surface area contributed by atoms with Gasteiger partial charge in [-0.1, -0.05) is 115 Å². The van der Waals surface area contributed by atoms with Gasteiger partial charge in [0.05, 0.1) is 11.1 Å². The highest BCUT2D eigenvalue weighted by Gasteiger charge is 2.25. The number of hydrogen-bond acceptors (Lipinski definition) is 6. The molecule has 0 bridgehead atoms. The molecule has 0 saturated heterocycles. The second-order valence-corrected chi connectivity index (χ2v) is 24.9. The summed E-state index contributed by atoms with van der Waals surface area (Å²) in [5.41, 5.74) is 45.2. The number of rotatable bonds is 15. The molecule has 9 nitrogen and oxygen atoms in total. The van der Waals surface area contributed by atoms with Crippen LogP contribution in [0.15, 0.2) is 266 Å². The molecule has 0 fully saturated rings. The van der Waals surface area contributed by atoms with E-state index >= 15 is 0 Å². The van der Waals surface area contributed by atoms with Gasteiger partial charge in [-0.3, -0.25) is 5.41 Å². The molecule has 8 N–H and O–H groups in total. The van der Waals surface area contributed by atoms with Crippen LogP contribution in [-0.2, 0) is 0 Å². The molecule has 3 aliphatic rings. The van der Waals surface area contributed by atoms with Gasteiger partial charge in [0.2, 0.25) is 17.1 Å². The average molecular weight is 1370 g/mol. The maximum absolute atomic E-state index is 6.01. The molecule has 9 aromatic carbocycles. The van der Waals surface area contributed by atoms with E-state index in [0.717, 1.165) is 93.6 Å². The van der Waals surface area contributed by atoms with Crippen molar-refractivity contribution in [2.75, 3.05) is 92.5 Å². The van der Waals surface area contributed by atoms with Gasteiger partial charge in [0.15, 0.2) is 5.71 Å². The first-order chi connectivity index (χ1) is 46.5. The highest BCUT2D eigenvalue weighted by atomic mass is 35.5. The van der Waals surface area contributed by atoms with Crippen molar-refractivity contribution in [2.45, 2.75) is 48.5 Å². The molecule has 0 unspecified atom stereocenters. The van der Waals surface area contributed by atoms with E-state index in [-0.39, 0.29) is 37.2 Å². The summed E-state index contributed by atoms with van der Waals surface area (Å²) >= 11 is 0. The fourth-order valence-electron chi connectivity index (χ4n) is 12.5. The lowest BCUT2D eigenvalue weighted by molar-refractivity contribution is -0.450. The number of halogens is 3. The first kappa shape index (κ1) is 76.2. The number of nitrogen functional groups attached to an aromatic ring is 2. The van der Waals surface area contributed by atoms with Crippen LogP contribution >= 0.6 is 0 Å². The molecule has 12 heteroatoms. The van der Waals surface area contributed by atoms with Crippen LogP contribution in [0.25, 0.3) is 27.9 Å². The van der Waals surface area contributed by atoms with Crippen molar-refractivity contribution >= 4 is 84.8 Å². The number of nitrogens with two attached hydrogens (primary N) is 3. The quantitative estimate of drug-likeness (QED) is 0.0929. The molecule has 0 amide bonds. The predicted molar refractivity (Wildman–Crippen MR) is 414 cm³/mol. The van der Waals surface area contributed by atoms with Crippen LogP contribution < -0.4 is 83.7 Å². The van der Waals surface area contributed by atoms with Gasteiger partial charge in [0.1, 0.15) is 6.54 Å². The minimum Gasteiger partial charge on any atom is -1.00 e. The fourth-order valence-corrected chi connectivity index (χ4v) is 12.5. The minimum atomic E-state index is 0. The van der Waals surface area contributed by atoms with Gasteiger partial charge in [0.25, 0.3) is 0 Å². The lowest BCUT2D eigenvalue weighted by Gasteiger charge is -2.23. The van der Waals surface area contributed by atoms with Crippen molar-refractivity contribution in [3.63, 3.8) is 0 Å². The standard InChI is InChI=1S/C33H31N3.C32H37N3.C22H23N3.3ClH/c1-35(2)27-18-14-24(15-19-27)33(25-16-20-28(21-17-25)36(3)4)31-22-23-32(30-13-9-8-12-29(30)31)34-26-10-6-5-7-11-26;1-6-33-31-23-22-30(28-12-10-11-13-29(28)31)32(24-14-18-26(19-15-24)34(5)7-2)25-16-20-27(21-17-25)35(8-3)9-4;1-13-10-16(4-7-19(13)23)22(17-5-8-20(24)14(2)11-17)18-6-9-21(25)15(3)12-18;;;/h5-23H,1-4H3;10-23H,6-9H2,1-5H3;4-12,23H,24-25H2,1-3H3;3*1H. The molecule has 508 valence electrons. The van der Waals surface area contributed by atoms with Crippen molar-refractivity contribution in [3.05, 3.63) is 333 Å². The number of allylic oxidation sites excluding steroid dienone is 11. The number of nitrogens with one attached hydrogen (secondary N) is 2. The Labute approximate surface area is 607 Å². The number of aryl methyl sites for hydroxylation is 2. The van der Waals surface area contributed by atoms with Crippen molar-refractivity contribution in [1.29, 1.82) is 0 Å². The SMILES string of the molecule is CC1=CC(=C(c2ccc(N)c(C)c2)c2ccc(N)c(C)c2)C=CC1=[NH2+].CC[NH+]=C1C=CC(=C(c2ccc(N(C)CC)cc2)c2ccc(N(CC)CC)cc2)c2ccccc21.CN(C)c1ccc(C(=C2C=CC(=[NH+]c3ccccc3)c3ccccc32)c2ccc(N(C)C)cc2)cc1.[Cl-].[Cl-].[Cl-]. The maximum atomic E-state index is 6.01. The third kappa shape index (κ3) is 18.0. The van der Waals surface area contributed by atoms with Crippen molar-refractivity contribution in [2.24, 2.45) is 0 Å². The van der Waals surface area contributed by atoms with Crippen molar-refractivity contribution in [3.8, 4) is 0 Å². The largest absolute Gasteiger partial charge is 1.00 e. The van der Waals surface area contributed by atoms with E-state index in [4.69, 9.17) is 16.9 Å². The molecule has 99 heavy (non-hydrogen) atoms. The van der Waals surface area contributed by atoms with Gasteiger partial charge >= 0.3 is 0 Å². The van der Waals surface area contributed by atoms with E-state index in [1.165, 1.54) is 95.3 Å². The summed E-state index contributed by atoms with van der Waals surface area (Å²) in [5.74, 6) is 0. The zero-order valence-electron chi connectivity index (χ0n) is 59.2. The third-order valence-corrected chi connectivity index (χ3v) is 18.2. The van der Waals surface area contributed by atoms with E-state index in [1.807, 2.05) is 45.0 Å². The first-order valence-electron chi connectivity index (χ1n) is 33.5. The highest BCUT2D eigenvalue weighted by molar-refractivity contribution is 6.18. The summed E-state index contributed by atoms with van der Waals surface area (Å²) in [6.45, 7) is 18.7. The van der Waals surface area contributed by atoms with Gasteiger partial charge in [-0.15, -0.1) is 0 Å². The number of anilines is 6. The Hall–Kier alpha value is -10.2. The van der Waals surface area contributed by atoms with Crippen LogP contribution in [0.2, 0.25) is 0 Å². The molecule has 0 radical (unpaired) electrons. The van der Waals surface area contributed by atoms with E-state index < -0.39 is 0 Å². The normalized spacial score (nSPS) is 13.7. The van der Waals surface area contributed by atoms with Crippen LogP contribution in [0.4, 0.5) is 39.8 Å². The topological polar surface area (TPSA) is 119 Å². The predicted octanol–water partition coefficient (Wildman–Crippen LogP) is 4.95. The van der Waals surface area contributed by atoms with Gasteiger partial charge in [0, 0.05) is 125 Å². The van der Waals surface area contributed by atoms with Crippen molar-refractivity contribution in [1.82, 2.24) is 0 Å². The number of hydrogen-bond donors (Lipinski definition) is 5. The Balaban J connectivity index is 0.000000209. The molecule has 12 rings (SSSR count). The number of fused-ring (bicyclic) bond motifs is 2. The Morgan fingerprint density at radius 1 is 0.394 bits per heavy atom. The maximum Gasteiger partial charge on any atom is 0.211 e.